The van der Waals surface area contributed by atoms with E-state index in [1.54, 1.807) is 0 Å². The monoisotopic (exact) mass is 354 g/mol. The third kappa shape index (κ3) is 4.13. The molecule has 0 atom stereocenters. The van der Waals surface area contributed by atoms with Crippen molar-refractivity contribution in [2.24, 2.45) is 0 Å². The molecule has 0 fully saturated rings. The highest BCUT2D eigenvalue weighted by atomic mass is 33.1. The SMILES string of the molecule is FC(F)(F)c1ccccc1SSc1ccccc1C(F)(F)F. The summed E-state index contributed by atoms with van der Waals surface area (Å²) in [5.41, 5.74) is -1.73. The Morgan fingerprint density at radius 2 is 0.864 bits per heavy atom. The molecule has 0 amide bonds. The number of hydrogen-bond donors (Lipinski definition) is 0. The molecule has 0 aliphatic carbocycles. The predicted molar refractivity (Wildman–Crippen MR) is 74.6 cm³/mol. The van der Waals surface area contributed by atoms with Gasteiger partial charge in [0, 0.05) is 9.79 Å². The first-order valence-electron chi connectivity index (χ1n) is 5.86. The summed E-state index contributed by atoms with van der Waals surface area (Å²) in [6, 6.07) is 9.56. The zero-order valence-corrected chi connectivity index (χ0v) is 12.3. The summed E-state index contributed by atoms with van der Waals surface area (Å²) in [6.07, 6.45) is -9.10. The second kappa shape index (κ2) is 6.45. The minimum atomic E-state index is -4.55. The maximum atomic E-state index is 12.8. The lowest BCUT2D eigenvalue weighted by atomic mass is 10.2. The van der Waals surface area contributed by atoms with E-state index in [9.17, 15) is 26.3 Å². The van der Waals surface area contributed by atoms with Crippen molar-refractivity contribution in [2.45, 2.75) is 22.1 Å². The van der Waals surface area contributed by atoms with Gasteiger partial charge < -0.3 is 0 Å². The quantitative estimate of drug-likeness (QED) is 0.454. The fraction of sp³-hybridized carbons (Fsp3) is 0.143. The van der Waals surface area contributed by atoms with Gasteiger partial charge in [-0.05, 0) is 24.3 Å². The Morgan fingerprint density at radius 1 is 0.545 bits per heavy atom. The number of rotatable bonds is 3. The summed E-state index contributed by atoms with van der Waals surface area (Å²) in [5.74, 6) is 0. The number of halogens is 6. The zero-order valence-electron chi connectivity index (χ0n) is 10.7. The van der Waals surface area contributed by atoms with Crippen LogP contribution in [0.3, 0.4) is 0 Å². The molecular weight excluding hydrogens is 346 g/mol. The van der Waals surface area contributed by atoms with Crippen LogP contribution in [0.15, 0.2) is 58.3 Å². The van der Waals surface area contributed by atoms with Gasteiger partial charge in [-0.15, -0.1) is 0 Å². The summed E-state index contributed by atoms with van der Waals surface area (Å²) >= 11 is 0. The molecule has 0 saturated carbocycles. The lowest BCUT2D eigenvalue weighted by Gasteiger charge is -2.14. The van der Waals surface area contributed by atoms with Gasteiger partial charge in [-0.25, -0.2) is 0 Å². The van der Waals surface area contributed by atoms with Crippen LogP contribution in [0.4, 0.5) is 26.3 Å². The van der Waals surface area contributed by atoms with Crippen LogP contribution in [0, 0.1) is 0 Å². The van der Waals surface area contributed by atoms with Crippen molar-refractivity contribution in [1.29, 1.82) is 0 Å². The summed E-state index contributed by atoms with van der Waals surface area (Å²) in [6.45, 7) is 0. The maximum absolute atomic E-state index is 12.8. The zero-order chi connectivity index (χ0) is 16.4. The van der Waals surface area contributed by atoms with Crippen molar-refractivity contribution in [3.05, 3.63) is 59.7 Å². The molecule has 2 aromatic carbocycles. The first-order chi connectivity index (χ1) is 10.2. The largest absolute Gasteiger partial charge is 0.417 e. The molecule has 0 aromatic heterocycles. The Labute approximate surface area is 130 Å². The molecule has 0 spiro atoms. The van der Waals surface area contributed by atoms with Crippen molar-refractivity contribution in [2.75, 3.05) is 0 Å². The van der Waals surface area contributed by atoms with E-state index in [2.05, 4.69) is 0 Å². The van der Waals surface area contributed by atoms with Crippen molar-refractivity contribution >= 4 is 21.6 Å². The molecule has 0 saturated heterocycles. The highest BCUT2D eigenvalue weighted by Gasteiger charge is 2.35. The van der Waals surface area contributed by atoms with Gasteiger partial charge in [0.1, 0.15) is 0 Å². The number of benzene rings is 2. The van der Waals surface area contributed by atoms with Crippen LogP contribution in [0.1, 0.15) is 11.1 Å². The van der Waals surface area contributed by atoms with E-state index < -0.39 is 23.5 Å². The molecule has 0 heterocycles. The standard InChI is InChI=1S/C14H8F6S2/c15-13(16,17)9-5-1-3-7-11(9)21-22-12-8-4-2-6-10(12)14(18,19)20/h1-8H. The predicted octanol–water partition coefficient (Wildman–Crippen LogP) is 6.52. The van der Waals surface area contributed by atoms with Gasteiger partial charge in [-0.1, -0.05) is 45.9 Å². The Morgan fingerprint density at radius 3 is 1.18 bits per heavy atom. The highest BCUT2D eigenvalue weighted by Crippen LogP contribution is 2.46. The molecule has 0 aliphatic heterocycles. The van der Waals surface area contributed by atoms with Gasteiger partial charge in [-0.2, -0.15) is 26.3 Å². The van der Waals surface area contributed by atoms with E-state index in [4.69, 9.17) is 0 Å². The molecule has 2 rings (SSSR count). The van der Waals surface area contributed by atoms with E-state index in [1.165, 1.54) is 36.4 Å². The second-order valence-electron chi connectivity index (χ2n) is 4.15. The van der Waals surface area contributed by atoms with Crippen LogP contribution < -0.4 is 0 Å². The van der Waals surface area contributed by atoms with Crippen molar-refractivity contribution in [3.8, 4) is 0 Å². The lowest BCUT2D eigenvalue weighted by Crippen LogP contribution is -2.07. The smallest absolute Gasteiger partial charge is 0.166 e. The van der Waals surface area contributed by atoms with Crippen LogP contribution >= 0.6 is 21.6 Å². The number of hydrogen-bond acceptors (Lipinski definition) is 2. The van der Waals surface area contributed by atoms with Gasteiger partial charge >= 0.3 is 12.4 Å². The molecule has 0 aliphatic rings. The highest BCUT2D eigenvalue weighted by molar-refractivity contribution is 8.76. The van der Waals surface area contributed by atoms with Crippen LogP contribution in [0.25, 0.3) is 0 Å². The van der Waals surface area contributed by atoms with E-state index in [-0.39, 0.29) is 9.79 Å². The van der Waals surface area contributed by atoms with Crippen LogP contribution in [0.5, 0.6) is 0 Å². The molecule has 0 unspecified atom stereocenters. The molecule has 0 nitrogen and oxygen atoms in total. The molecule has 0 radical (unpaired) electrons. The molecule has 0 N–H and O–H groups in total. The Bertz CT molecular complexity index is 591. The first kappa shape index (κ1) is 17.1. The average molecular weight is 354 g/mol. The first-order valence-corrected chi connectivity index (χ1v) is 8.01. The molecule has 8 heteroatoms. The van der Waals surface area contributed by atoms with E-state index in [0.29, 0.717) is 21.6 Å². The lowest BCUT2D eigenvalue weighted by molar-refractivity contribution is -0.140. The molecule has 0 bridgehead atoms. The topological polar surface area (TPSA) is 0 Å². The summed E-state index contributed by atoms with van der Waals surface area (Å²) < 4.78 is 77.0. The minimum absolute atomic E-state index is 0.128. The normalized spacial score (nSPS) is 12.5. The van der Waals surface area contributed by atoms with Crippen molar-refractivity contribution in [3.63, 3.8) is 0 Å². The fourth-order valence-electron chi connectivity index (χ4n) is 1.64. The van der Waals surface area contributed by atoms with Gasteiger partial charge in [-0.3, -0.25) is 0 Å². The second-order valence-corrected chi connectivity index (χ2v) is 6.37. The molecule has 2 aromatic rings. The van der Waals surface area contributed by atoms with Gasteiger partial charge in [0.2, 0.25) is 0 Å². The minimum Gasteiger partial charge on any atom is -0.166 e. The van der Waals surface area contributed by atoms with Crippen LogP contribution in [0.2, 0.25) is 0 Å². The average Bonchev–Trinajstić information content (AvgIpc) is 2.44. The molecule has 22 heavy (non-hydrogen) atoms. The Kier molecular flexibility index (Phi) is 5.01. The summed E-state index contributed by atoms with van der Waals surface area (Å²) in [5, 5.41) is 0. The van der Waals surface area contributed by atoms with Crippen molar-refractivity contribution < 1.29 is 26.3 Å². The van der Waals surface area contributed by atoms with E-state index in [0.717, 1.165) is 12.1 Å². The maximum Gasteiger partial charge on any atom is 0.417 e. The van der Waals surface area contributed by atoms with Gasteiger partial charge in [0.15, 0.2) is 0 Å². The third-order valence-corrected chi connectivity index (χ3v) is 5.09. The van der Waals surface area contributed by atoms with Gasteiger partial charge in [0.05, 0.1) is 11.1 Å². The third-order valence-electron chi connectivity index (χ3n) is 2.61. The van der Waals surface area contributed by atoms with Crippen LogP contribution in [-0.2, 0) is 12.4 Å². The Hall–Kier alpha value is -1.28. The van der Waals surface area contributed by atoms with E-state index >= 15 is 0 Å². The van der Waals surface area contributed by atoms with E-state index in [1.807, 2.05) is 0 Å². The summed E-state index contributed by atoms with van der Waals surface area (Å²) in [7, 11) is 1.31. The Balaban J connectivity index is 2.26. The molecular formula is C14H8F6S2. The molecule has 118 valence electrons. The van der Waals surface area contributed by atoms with Crippen molar-refractivity contribution in [1.82, 2.24) is 0 Å². The van der Waals surface area contributed by atoms with Crippen LogP contribution in [-0.4, -0.2) is 0 Å². The van der Waals surface area contributed by atoms with Gasteiger partial charge in [0.25, 0.3) is 0 Å². The fourth-order valence-corrected chi connectivity index (χ4v) is 4.04. The summed E-state index contributed by atoms with van der Waals surface area (Å²) in [4.78, 5) is -0.256. The number of alkyl halides is 6.